The lowest BCUT2D eigenvalue weighted by Gasteiger charge is -2.12. The lowest BCUT2D eigenvalue weighted by molar-refractivity contribution is 0.0912. The molecule has 7 heteroatoms. The molecule has 0 fully saturated rings. The Morgan fingerprint density at radius 2 is 2.17 bits per heavy atom. The molecule has 0 radical (unpaired) electrons. The summed E-state index contributed by atoms with van der Waals surface area (Å²) in [7, 11) is 1.58. The molecular formula is C17H16N2O4S. The SMILES string of the molecule is COc1ccc(C(O)CNC(=O)c2ncoc2-c2cccs2)cc1. The van der Waals surface area contributed by atoms with Crippen LogP contribution in [0, 0.1) is 0 Å². The fourth-order valence-corrected chi connectivity index (χ4v) is 2.92. The van der Waals surface area contributed by atoms with E-state index >= 15 is 0 Å². The van der Waals surface area contributed by atoms with E-state index in [9.17, 15) is 9.90 Å². The highest BCUT2D eigenvalue weighted by molar-refractivity contribution is 7.13. The van der Waals surface area contributed by atoms with E-state index in [1.54, 1.807) is 31.4 Å². The molecule has 0 spiro atoms. The van der Waals surface area contributed by atoms with Crippen molar-refractivity contribution in [3.63, 3.8) is 0 Å². The first-order valence-electron chi connectivity index (χ1n) is 7.26. The molecule has 0 bridgehead atoms. The molecule has 2 N–H and O–H groups in total. The fourth-order valence-electron chi connectivity index (χ4n) is 2.21. The second kappa shape index (κ2) is 7.29. The van der Waals surface area contributed by atoms with E-state index < -0.39 is 6.10 Å². The highest BCUT2D eigenvalue weighted by Gasteiger charge is 2.19. The Morgan fingerprint density at radius 3 is 2.83 bits per heavy atom. The third-order valence-corrected chi connectivity index (χ3v) is 4.35. The molecule has 0 aliphatic rings. The Balaban J connectivity index is 1.64. The Kier molecular flexibility index (Phi) is 4.93. The topological polar surface area (TPSA) is 84.6 Å². The summed E-state index contributed by atoms with van der Waals surface area (Å²) in [5.74, 6) is 0.749. The van der Waals surface area contributed by atoms with Crippen molar-refractivity contribution in [2.24, 2.45) is 0 Å². The summed E-state index contributed by atoms with van der Waals surface area (Å²) in [4.78, 5) is 17.1. The molecule has 0 aliphatic carbocycles. The van der Waals surface area contributed by atoms with Crippen LogP contribution in [0.2, 0.25) is 0 Å². The summed E-state index contributed by atoms with van der Waals surface area (Å²) in [6.45, 7) is 0.0713. The number of aromatic nitrogens is 1. The van der Waals surface area contributed by atoms with Gasteiger partial charge >= 0.3 is 0 Å². The third-order valence-electron chi connectivity index (χ3n) is 3.48. The van der Waals surface area contributed by atoms with Crippen LogP contribution < -0.4 is 10.1 Å². The van der Waals surface area contributed by atoms with Gasteiger partial charge < -0.3 is 19.6 Å². The minimum Gasteiger partial charge on any atom is -0.497 e. The Morgan fingerprint density at radius 1 is 1.38 bits per heavy atom. The predicted octanol–water partition coefficient (Wildman–Crippen LogP) is 2.88. The molecule has 2 heterocycles. The number of ether oxygens (including phenoxy) is 1. The summed E-state index contributed by atoms with van der Waals surface area (Å²) in [5, 5.41) is 14.8. The van der Waals surface area contributed by atoms with E-state index in [1.165, 1.54) is 17.7 Å². The number of carbonyl (C=O) groups is 1. The molecular weight excluding hydrogens is 328 g/mol. The van der Waals surface area contributed by atoms with E-state index in [4.69, 9.17) is 9.15 Å². The van der Waals surface area contributed by atoms with Crippen LogP contribution in [0.3, 0.4) is 0 Å². The molecule has 0 saturated heterocycles. The van der Waals surface area contributed by atoms with Crippen LogP contribution in [0.5, 0.6) is 5.75 Å². The first-order chi connectivity index (χ1) is 11.7. The first-order valence-corrected chi connectivity index (χ1v) is 8.14. The van der Waals surface area contributed by atoms with Crippen molar-refractivity contribution in [2.75, 3.05) is 13.7 Å². The van der Waals surface area contributed by atoms with Crippen molar-refractivity contribution in [1.82, 2.24) is 10.3 Å². The second-order valence-electron chi connectivity index (χ2n) is 5.01. The number of hydrogen-bond acceptors (Lipinski definition) is 6. The fraction of sp³-hybridized carbons (Fsp3) is 0.176. The molecule has 3 aromatic rings. The molecule has 3 rings (SSSR count). The minimum absolute atomic E-state index is 0.0713. The van der Waals surface area contributed by atoms with Crippen LogP contribution in [0.4, 0.5) is 0 Å². The molecule has 1 aromatic carbocycles. The summed E-state index contributed by atoms with van der Waals surface area (Å²) in [5.41, 5.74) is 0.897. The van der Waals surface area contributed by atoms with E-state index in [2.05, 4.69) is 10.3 Å². The maximum Gasteiger partial charge on any atom is 0.274 e. The van der Waals surface area contributed by atoms with Crippen LogP contribution in [-0.2, 0) is 0 Å². The molecule has 1 unspecified atom stereocenters. The van der Waals surface area contributed by atoms with Crippen LogP contribution in [0.1, 0.15) is 22.2 Å². The Bertz CT molecular complexity index is 796. The predicted molar refractivity (Wildman–Crippen MR) is 90.1 cm³/mol. The number of carbonyl (C=O) groups excluding carboxylic acids is 1. The van der Waals surface area contributed by atoms with Gasteiger partial charge in [-0.25, -0.2) is 4.98 Å². The highest BCUT2D eigenvalue weighted by atomic mass is 32.1. The van der Waals surface area contributed by atoms with Crippen molar-refractivity contribution >= 4 is 17.2 Å². The number of hydrogen-bond donors (Lipinski definition) is 2. The highest BCUT2D eigenvalue weighted by Crippen LogP contribution is 2.27. The number of benzene rings is 1. The maximum atomic E-state index is 12.3. The van der Waals surface area contributed by atoms with Gasteiger partial charge in [-0.3, -0.25) is 4.79 Å². The number of nitrogens with one attached hydrogen (secondary N) is 1. The zero-order valence-electron chi connectivity index (χ0n) is 12.9. The Labute approximate surface area is 142 Å². The van der Waals surface area contributed by atoms with Crippen molar-refractivity contribution in [1.29, 1.82) is 0 Å². The van der Waals surface area contributed by atoms with Gasteiger partial charge in [-0.15, -0.1) is 11.3 Å². The number of rotatable bonds is 6. The van der Waals surface area contributed by atoms with Crippen LogP contribution in [0.25, 0.3) is 10.6 Å². The average Bonchev–Trinajstić information content (AvgIpc) is 3.30. The zero-order chi connectivity index (χ0) is 16.9. The normalized spacial score (nSPS) is 11.9. The van der Waals surface area contributed by atoms with Gasteiger partial charge in [0.15, 0.2) is 17.8 Å². The van der Waals surface area contributed by atoms with Crippen LogP contribution >= 0.6 is 11.3 Å². The smallest absolute Gasteiger partial charge is 0.274 e. The molecule has 6 nitrogen and oxygen atoms in total. The largest absolute Gasteiger partial charge is 0.497 e. The average molecular weight is 344 g/mol. The van der Waals surface area contributed by atoms with Gasteiger partial charge in [-0.1, -0.05) is 18.2 Å². The van der Waals surface area contributed by atoms with Crippen molar-refractivity contribution < 1.29 is 19.1 Å². The molecule has 0 aliphatic heterocycles. The van der Waals surface area contributed by atoms with Crippen molar-refractivity contribution in [3.8, 4) is 16.4 Å². The minimum atomic E-state index is -0.822. The van der Waals surface area contributed by atoms with Gasteiger partial charge in [0.25, 0.3) is 5.91 Å². The van der Waals surface area contributed by atoms with Crippen molar-refractivity contribution in [3.05, 3.63) is 59.4 Å². The number of aliphatic hydroxyl groups is 1. The summed E-state index contributed by atoms with van der Waals surface area (Å²) < 4.78 is 10.4. The van der Waals surface area contributed by atoms with Gasteiger partial charge in [0.1, 0.15) is 5.75 Å². The van der Waals surface area contributed by atoms with E-state index in [0.717, 1.165) is 4.88 Å². The monoisotopic (exact) mass is 344 g/mol. The molecule has 1 amide bonds. The standard InChI is InChI=1S/C17H16N2O4S/c1-22-12-6-4-11(5-7-12)13(20)9-18-17(21)15-16(23-10-19-15)14-3-2-8-24-14/h2-8,10,13,20H,9H2,1H3,(H,18,21). The number of methoxy groups -OCH3 is 1. The first kappa shape index (κ1) is 16.2. The number of nitrogens with zero attached hydrogens (tertiary/aromatic N) is 1. The van der Waals surface area contributed by atoms with Crippen molar-refractivity contribution in [2.45, 2.75) is 6.10 Å². The van der Waals surface area contributed by atoms with E-state index in [1.807, 2.05) is 17.5 Å². The third kappa shape index (κ3) is 3.47. The van der Waals surface area contributed by atoms with Gasteiger partial charge in [0.05, 0.1) is 18.1 Å². The molecule has 124 valence electrons. The van der Waals surface area contributed by atoms with E-state index in [-0.39, 0.29) is 18.1 Å². The number of oxazole rings is 1. The summed E-state index contributed by atoms with van der Waals surface area (Å²) >= 11 is 1.46. The van der Waals surface area contributed by atoms with E-state index in [0.29, 0.717) is 17.1 Å². The lowest BCUT2D eigenvalue weighted by atomic mass is 10.1. The van der Waals surface area contributed by atoms with Gasteiger partial charge in [0, 0.05) is 6.54 Å². The second-order valence-corrected chi connectivity index (χ2v) is 5.95. The number of amides is 1. The summed E-state index contributed by atoms with van der Waals surface area (Å²) in [6.07, 6.45) is 0.418. The van der Waals surface area contributed by atoms with Gasteiger partial charge in [-0.05, 0) is 29.1 Å². The molecule has 0 saturated carbocycles. The number of aliphatic hydroxyl groups excluding tert-OH is 1. The van der Waals surface area contributed by atoms with Crippen LogP contribution in [0.15, 0.2) is 52.6 Å². The summed E-state index contributed by atoms with van der Waals surface area (Å²) in [6, 6.07) is 10.7. The van der Waals surface area contributed by atoms with Gasteiger partial charge in [0.2, 0.25) is 0 Å². The van der Waals surface area contributed by atoms with Gasteiger partial charge in [-0.2, -0.15) is 0 Å². The molecule has 24 heavy (non-hydrogen) atoms. The quantitative estimate of drug-likeness (QED) is 0.718. The molecule has 2 aromatic heterocycles. The zero-order valence-corrected chi connectivity index (χ0v) is 13.7. The Hall–Kier alpha value is -2.64. The maximum absolute atomic E-state index is 12.3. The van der Waals surface area contributed by atoms with Crippen LogP contribution in [-0.4, -0.2) is 29.7 Å². The molecule has 1 atom stereocenters. The number of thiophene rings is 1. The lowest BCUT2D eigenvalue weighted by Crippen LogP contribution is -2.29.